The molecule has 0 saturated heterocycles. The predicted octanol–water partition coefficient (Wildman–Crippen LogP) is 4.85. The Labute approximate surface area is 126 Å². The topological polar surface area (TPSA) is 12.0 Å². The highest BCUT2D eigenvalue weighted by Gasteiger charge is 2.16. The van der Waals surface area contributed by atoms with Gasteiger partial charge in [-0.3, -0.25) is 0 Å². The molecule has 1 N–H and O–H groups in total. The summed E-state index contributed by atoms with van der Waals surface area (Å²) in [6.07, 6.45) is 0.782. The molecule has 0 aliphatic rings. The molecule has 2 rings (SSSR count). The highest BCUT2D eigenvalue weighted by Crippen LogP contribution is 2.28. The van der Waals surface area contributed by atoms with Crippen LogP contribution in [0, 0.1) is 12.7 Å². The van der Waals surface area contributed by atoms with Crippen LogP contribution in [0.25, 0.3) is 0 Å². The lowest BCUT2D eigenvalue weighted by Crippen LogP contribution is -2.23. The van der Waals surface area contributed by atoms with Crippen LogP contribution in [0.15, 0.2) is 33.4 Å². The highest BCUT2D eigenvalue weighted by atomic mass is 79.9. The van der Waals surface area contributed by atoms with Gasteiger partial charge in [0, 0.05) is 6.04 Å². The molecule has 2 aromatic rings. The van der Waals surface area contributed by atoms with Gasteiger partial charge >= 0.3 is 0 Å². The second-order valence-corrected chi connectivity index (χ2v) is 6.07. The Morgan fingerprint density at radius 3 is 2.79 bits per heavy atom. The largest absolute Gasteiger partial charge is 0.310 e. The molecular weight excluding hydrogens is 325 g/mol. The number of hydrogen-bond donors (Lipinski definition) is 1. The fourth-order valence-electron chi connectivity index (χ4n) is 2.19. The molecular formula is C15H17BrFNS. The van der Waals surface area contributed by atoms with Crippen LogP contribution in [0.2, 0.25) is 0 Å². The Morgan fingerprint density at radius 1 is 1.37 bits per heavy atom. The van der Waals surface area contributed by atoms with E-state index in [4.69, 9.17) is 0 Å². The smallest absolute Gasteiger partial charge is 0.137 e. The molecule has 0 saturated carbocycles. The van der Waals surface area contributed by atoms with Gasteiger partial charge in [0.05, 0.1) is 4.47 Å². The standard InChI is InChI=1S/C15H17BrFNS/c1-3-18-14(12-9-19-8-10(12)2)7-11-5-4-6-13(17)15(11)16/h4-6,8-9,14,18H,3,7H2,1-2H3. The van der Waals surface area contributed by atoms with E-state index in [-0.39, 0.29) is 11.9 Å². The number of likely N-dealkylation sites (N-methyl/N-ethyl adjacent to an activating group) is 1. The average molecular weight is 342 g/mol. The van der Waals surface area contributed by atoms with Gasteiger partial charge in [-0.2, -0.15) is 11.3 Å². The summed E-state index contributed by atoms with van der Waals surface area (Å²) in [5, 5.41) is 7.81. The first-order valence-electron chi connectivity index (χ1n) is 6.32. The number of halogens is 2. The second-order valence-electron chi connectivity index (χ2n) is 4.54. The first-order chi connectivity index (χ1) is 9.13. The Hall–Kier alpha value is -0.710. The molecule has 0 spiro atoms. The van der Waals surface area contributed by atoms with Crippen molar-refractivity contribution in [3.63, 3.8) is 0 Å². The molecule has 0 radical (unpaired) electrons. The van der Waals surface area contributed by atoms with Crippen molar-refractivity contribution in [2.45, 2.75) is 26.3 Å². The van der Waals surface area contributed by atoms with E-state index in [1.54, 1.807) is 17.4 Å². The minimum Gasteiger partial charge on any atom is -0.310 e. The van der Waals surface area contributed by atoms with Crippen molar-refractivity contribution in [3.05, 3.63) is 55.9 Å². The normalized spacial score (nSPS) is 12.6. The van der Waals surface area contributed by atoms with Gasteiger partial charge in [-0.1, -0.05) is 19.1 Å². The van der Waals surface area contributed by atoms with E-state index in [1.807, 2.05) is 6.07 Å². The van der Waals surface area contributed by atoms with Gasteiger partial charge in [-0.05, 0) is 69.3 Å². The zero-order valence-corrected chi connectivity index (χ0v) is 13.4. The van der Waals surface area contributed by atoms with Crippen LogP contribution in [0.5, 0.6) is 0 Å². The van der Waals surface area contributed by atoms with E-state index in [1.165, 1.54) is 17.2 Å². The second kappa shape index (κ2) is 6.64. The van der Waals surface area contributed by atoms with Crippen LogP contribution in [0.4, 0.5) is 4.39 Å². The van der Waals surface area contributed by atoms with Crippen LogP contribution < -0.4 is 5.32 Å². The summed E-state index contributed by atoms with van der Waals surface area (Å²) in [4.78, 5) is 0. The van der Waals surface area contributed by atoms with Gasteiger partial charge in [0.25, 0.3) is 0 Å². The van der Waals surface area contributed by atoms with Crippen molar-refractivity contribution in [1.29, 1.82) is 0 Å². The lowest BCUT2D eigenvalue weighted by atomic mass is 9.98. The minimum absolute atomic E-state index is 0.199. The fourth-order valence-corrected chi connectivity index (χ4v) is 3.52. The number of thiophene rings is 1. The van der Waals surface area contributed by atoms with Crippen LogP contribution in [0.3, 0.4) is 0 Å². The van der Waals surface area contributed by atoms with Gasteiger partial charge < -0.3 is 5.32 Å². The number of rotatable bonds is 5. The van der Waals surface area contributed by atoms with Gasteiger partial charge in [0.1, 0.15) is 5.82 Å². The van der Waals surface area contributed by atoms with Crippen LogP contribution in [-0.4, -0.2) is 6.54 Å². The van der Waals surface area contributed by atoms with Crippen LogP contribution >= 0.6 is 27.3 Å². The number of nitrogens with one attached hydrogen (secondary N) is 1. The Balaban J connectivity index is 2.27. The summed E-state index contributed by atoms with van der Waals surface area (Å²) in [5.41, 5.74) is 3.60. The van der Waals surface area contributed by atoms with E-state index < -0.39 is 0 Å². The van der Waals surface area contributed by atoms with Crippen molar-refractivity contribution in [3.8, 4) is 0 Å². The van der Waals surface area contributed by atoms with E-state index in [0.717, 1.165) is 18.5 Å². The van der Waals surface area contributed by atoms with Crippen molar-refractivity contribution in [1.82, 2.24) is 5.32 Å². The summed E-state index contributed by atoms with van der Waals surface area (Å²) in [6, 6.07) is 5.44. The summed E-state index contributed by atoms with van der Waals surface area (Å²) >= 11 is 5.05. The van der Waals surface area contributed by atoms with E-state index in [0.29, 0.717) is 4.47 Å². The van der Waals surface area contributed by atoms with E-state index in [9.17, 15) is 4.39 Å². The molecule has 1 heterocycles. The molecule has 1 aromatic heterocycles. The predicted molar refractivity (Wildman–Crippen MR) is 83.3 cm³/mol. The molecule has 1 nitrogen and oxygen atoms in total. The van der Waals surface area contributed by atoms with Gasteiger partial charge in [-0.25, -0.2) is 4.39 Å². The maximum Gasteiger partial charge on any atom is 0.137 e. The summed E-state index contributed by atoms with van der Waals surface area (Å²) in [6.45, 7) is 5.11. The highest BCUT2D eigenvalue weighted by molar-refractivity contribution is 9.10. The molecule has 1 aromatic carbocycles. The SMILES string of the molecule is CCNC(Cc1cccc(F)c1Br)c1cscc1C. The third-order valence-electron chi connectivity index (χ3n) is 3.18. The van der Waals surface area contributed by atoms with Gasteiger partial charge in [-0.15, -0.1) is 0 Å². The van der Waals surface area contributed by atoms with E-state index >= 15 is 0 Å². The average Bonchev–Trinajstić information content (AvgIpc) is 2.80. The van der Waals surface area contributed by atoms with E-state index in [2.05, 4.69) is 45.9 Å². The van der Waals surface area contributed by atoms with Crippen molar-refractivity contribution in [2.75, 3.05) is 6.54 Å². The molecule has 0 amide bonds. The molecule has 1 atom stereocenters. The summed E-state index contributed by atoms with van der Waals surface area (Å²) < 4.78 is 14.1. The lowest BCUT2D eigenvalue weighted by molar-refractivity contribution is 0.544. The summed E-state index contributed by atoms with van der Waals surface area (Å²) in [7, 11) is 0. The molecule has 102 valence electrons. The van der Waals surface area contributed by atoms with Gasteiger partial charge in [0.2, 0.25) is 0 Å². The lowest BCUT2D eigenvalue weighted by Gasteiger charge is -2.19. The Kier molecular flexibility index (Phi) is 5.13. The van der Waals surface area contributed by atoms with Crippen LogP contribution in [-0.2, 0) is 6.42 Å². The molecule has 1 unspecified atom stereocenters. The van der Waals surface area contributed by atoms with Crippen molar-refractivity contribution < 1.29 is 4.39 Å². The fraction of sp³-hybridized carbons (Fsp3) is 0.333. The van der Waals surface area contributed by atoms with Gasteiger partial charge in [0.15, 0.2) is 0 Å². The third kappa shape index (κ3) is 3.44. The molecule has 0 bridgehead atoms. The first-order valence-corrected chi connectivity index (χ1v) is 8.06. The molecule has 0 fully saturated rings. The zero-order valence-electron chi connectivity index (χ0n) is 11.0. The number of benzene rings is 1. The number of aryl methyl sites for hydroxylation is 1. The molecule has 19 heavy (non-hydrogen) atoms. The zero-order chi connectivity index (χ0) is 13.8. The summed E-state index contributed by atoms with van der Waals surface area (Å²) in [5.74, 6) is -0.199. The monoisotopic (exact) mass is 341 g/mol. The molecule has 0 aliphatic carbocycles. The minimum atomic E-state index is -0.199. The number of hydrogen-bond acceptors (Lipinski definition) is 2. The molecule has 4 heteroatoms. The maximum absolute atomic E-state index is 13.6. The Bertz CT molecular complexity index is 553. The first kappa shape index (κ1) is 14.7. The third-order valence-corrected chi connectivity index (χ3v) is 4.94. The maximum atomic E-state index is 13.6. The molecule has 0 aliphatic heterocycles. The quantitative estimate of drug-likeness (QED) is 0.819. The Morgan fingerprint density at radius 2 is 2.16 bits per heavy atom. The van der Waals surface area contributed by atoms with Crippen LogP contribution in [0.1, 0.15) is 29.7 Å². The van der Waals surface area contributed by atoms with Crippen molar-refractivity contribution >= 4 is 27.3 Å². The van der Waals surface area contributed by atoms with Crippen molar-refractivity contribution in [2.24, 2.45) is 0 Å².